The first-order chi connectivity index (χ1) is 17.6. The van der Waals surface area contributed by atoms with Crippen LogP contribution in [0.15, 0.2) is 79.6 Å². The Bertz CT molecular complexity index is 1190. The summed E-state index contributed by atoms with van der Waals surface area (Å²) in [6.45, 7) is 21.6. The van der Waals surface area contributed by atoms with Gasteiger partial charge in [-0.25, -0.2) is 18.2 Å². The van der Waals surface area contributed by atoms with Gasteiger partial charge < -0.3 is 0 Å². The molecule has 0 aliphatic carbocycles. The Balaban J connectivity index is 0.000000797. The van der Waals surface area contributed by atoms with Crippen molar-refractivity contribution in [3.63, 3.8) is 0 Å². The molecule has 1 unspecified atom stereocenters. The normalized spacial score (nSPS) is 12.5. The largest absolute Gasteiger partial charge is 2.00 e. The van der Waals surface area contributed by atoms with E-state index in [0.717, 1.165) is 17.5 Å². The summed E-state index contributed by atoms with van der Waals surface area (Å²) in [5.41, 5.74) is 4.43. The van der Waals surface area contributed by atoms with Crippen LogP contribution in [-0.4, -0.2) is 38.3 Å². The Morgan fingerprint density at radius 1 is 0.821 bits per heavy atom. The summed E-state index contributed by atoms with van der Waals surface area (Å²) in [7, 11) is 1.24. The van der Waals surface area contributed by atoms with E-state index in [2.05, 4.69) is 92.5 Å². The second-order valence-electron chi connectivity index (χ2n) is 12.8. The average Bonchev–Trinajstić information content (AvgIpc) is 3.55. The third kappa shape index (κ3) is 8.48. The van der Waals surface area contributed by atoms with Crippen molar-refractivity contribution in [2.75, 3.05) is 0 Å². The van der Waals surface area contributed by atoms with E-state index in [1.165, 1.54) is 16.3 Å². The second kappa shape index (κ2) is 13.4. The topological polar surface area (TPSA) is 51.6 Å². The molecule has 0 saturated carbocycles. The number of rotatable bonds is 6. The quantitative estimate of drug-likeness (QED) is 0.126. The molecule has 0 amide bonds. The van der Waals surface area contributed by atoms with Crippen molar-refractivity contribution in [1.29, 1.82) is 0 Å². The van der Waals surface area contributed by atoms with Crippen molar-refractivity contribution in [3.8, 4) is 0 Å². The van der Waals surface area contributed by atoms with Crippen LogP contribution >= 0.6 is 17.2 Å². The van der Waals surface area contributed by atoms with Gasteiger partial charge in [-0.1, -0.05) is 67.3 Å². The van der Waals surface area contributed by atoms with Gasteiger partial charge in [0.1, 0.15) is 0 Å². The minimum atomic E-state index is -1.54. The molecule has 0 aliphatic rings. The van der Waals surface area contributed by atoms with E-state index in [0.29, 0.717) is 0 Å². The van der Waals surface area contributed by atoms with E-state index < -0.39 is 13.2 Å². The number of hydrogen-bond acceptors (Lipinski definition) is 4. The van der Waals surface area contributed by atoms with Gasteiger partial charge >= 0.3 is 17.1 Å². The van der Waals surface area contributed by atoms with Gasteiger partial charge in [0.25, 0.3) is 0 Å². The molecule has 0 bridgehead atoms. The molecule has 8 heteroatoms. The average molecular weight is 619 g/mol. The predicted molar refractivity (Wildman–Crippen MR) is 171 cm³/mol. The Morgan fingerprint density at radius 2 is 1.31 bits per heavy atom. The first-order valence-corrected chi connectivity index (χ1v) is 18.8. The van der Waals surface area contributed by atoms with Crippen LogP contribution in [0.5, 0.6) is 0 Å². The number of nitrogens with zero attached hydrogens (tertiary/aromatic N) is 4. The van der Waals surface area contributed by atoms with Gasteiger partial charge in [0.05, 0.1) is 24.6 Å². The molecule has 1 atom stereocenters. The zero-order valence-electron chi connectivity index (χ0n) is 24.9. The van der Waals surface area contributed by atoms with Crippen LogP contribution in [-0.2, 0) is 28.4 Å². The molecular formula is C31H44FeN4P2Si. The van der Waals surface area contributed by atoms with Crippen LogP contribution in [0.25, 0.3) is 0 Å². The monoisotopic (exact) mass is 618 g/mol. The van der Waals surface area contributed by atoms with Crippen molar-refractivity contribution in [2.24, 2.45) is 0 Å². The summed E-state index contributed by atoms with van der Waals surface area (Å²) in [4.78, 5) is 18.3. The van der Waals surface area contributed by atoms with Gasteiger partial charge in [-0.2, -0.15) is 35.0 Å². The van der Waals surface area contributed by atoms with Gasteiger partial charge in [0.15, 0.2) is 0 Å². The minimum Gasteiger partial charge on any atom is -0.261 e. The van der Waals surface area contributed by atoms with Gasteiger partial charge in [0, 0.05) is 37.2 Å². The second-order valence-corrected chi connectivity index (χ2v) is 22.6. The molecule has 0 fully saturated rings. The van der Waals surface area contributed by atoms with E-state index in [1.54, 1.807) is 24.8 Å². The fourth-order valence-electron chi connectivity index (χ4n) is 4.87. The molecule has 2 heterocycles. The molecule has 39 heavy (non-hydrogen) atoms. The molecule has 0 aliphatic heterocycles. The zero-order valence-corrected chi connectivity index (χ0v) is 29.0. The van der Waals surface area contributed by atoms with Crippen LogP contribution in [0, 0.1) is 0 Å². The molecule has 0 spiro atoms. The number of hydrogen-bond donors (Lipinski definition) is 0. The van der Waals surface area contributed by atoms with E-state index in [9.17, 15) is 0 Å². The molecule has 2 aromatic heterocycles. The fourth-order valence-corrected chi connectivity index (χ4v) is 10.2. The van der Waals surface area contributed by atoms with Crippen LogP contribution in [0.2, 0.25) is 19.6 Å². The Morgan fingerprint density at radius 3 is 1.64 bits per heavy atom. The fraction of sp³-hybridized carbons (Fsp3) is 0.419. The van der Waals surface area contributed by atoms with Crippen molar-refractivity contribution >= 4 is 30.4 Å². The van der Waals surface area contributed by atoms with Crippen LogP contribution in [0.3, 0.4) is 0 Å². The maximum Gasteiger partial charge on any atom is 2.00 e. The summed E-state index contributed by atoms with van der Waals surface area (Å²) >= 11 is 0. The molecular weight excluding hydrogens is 574 g/mol. The van der Waals surface area contributed by atoms with Crippen LogP contribution < -0.4 is 5.19 Å². The van der Waals surface area contributed by atoms with E-state index in [4.69, 9.17) is 9.97 Å². The van der Waals surface area contributed by atoms with Crippen molar-refractivity contribution in [3.05, 3.63) is 102 Å². The first-order valence-electron chi connectivity index (χ1n) is 13.2. The van der Waals surface area contributed by atoms with Gasteiger partial charge in [-0.05, 0) is 10.3 Å². The molecule has 0 saturated heterocycles. The summed E-state index contributed by atoms with van der Waals surface area (Å²) < 4.78 is 0. The summed E-state index contributed by atoms with van der Waals surface area (Å²) in [5.74, 6) is 0. The molecule has 0 radical (unpaired) electrons. The summed E-state index contributed by atoms with van der Waals surface area (Å²) in [6, 6.07) is 14.9. The van der Waals surface area contributed by atoms with Gasteiger partial charge in [-0.3, -0.25) is 19.9 Å². The van der Waals surface area contributed by atoms with Gasteiger partial charge in [-0.15, -0.1) is 22.7 Å². The van der Waals surface area contributed by atoms with Crippen molar-refractivity contribution in [1.82, 2.24) is 19.9 Å². The van der Waals surface area contributed by atoms with Crippen molar-refractivity contribution in [2.45, 2.75) is 82.8 Å². The smallest absolute Gasteiger partial charge is 0.261 e. The molecule has 2 aromatic carbocycles. The minimum absolute atomic E-state index is 0. The number of aromatic nitrogens is 4. The third-order valence-electron chi connectivity index (χ3n) is 6.70. The Kier molecular flexibility index (Phi) is 11.6. The molecule has 4 nitrogen and oxygen atoms in total. The standard InChI is InChI=1S/C26H39N4P2Si.C5H5.Fe/c1-24(2,3)32(25(4,5)6)18-19-14-20(33(7,8)9)15-21(19)26(31,22-16-27-10-12-29-22)23-17-28-11-13-30-23;1-2-4-5-3-1;/h10-17H,18,31H2,1-9H3;1-5H;/q2*-1;+2. The summed E-state index contributed by atoms with van der Waals surface area (Å²) in [6.07, 6.45) is 11.8. The zero-order chi connectivity index (χ0) is 28.2. The molecule has 4 aromatic rings. The maximum absolute atomic E-state index is 4.76. The third-order valence-corrected chi connectivity index (χ3v) is 13.5. The predicted octanol–water partition coefficient (Wildman–Crippen LogP) is 7.68. The molecule has 0 N–H and O–H groups in total. The van der Waals surface area contributed by atoms with E-state index >= 15 is 0 Å². The van der Waals surface area contributed by atoms with Gasteiger partial charge in [0.2, 0.25) is 0 Å². The molecule has 4 rings (SSSR count). The summed E-state index contributed by atoms with van der Waals surface area (Å²) in [5, 5.41) is 1.35. The van der Waals surface area contributed by atoms with Crippen LogP contribution in [0.4, 0.5) is 0 Å². The Labute approximate surface area is 251 Å². The first kappa shape index (κ1) is 33.7. The van der Waals surface area contributed by atoms with E-state index in [1.807, 2.05) is 42.7 Å². The Hall–Kier alpha value is -1.54. The molecule has 210 valence electrons. The van der Waals surface area contributed by atoms with Crippen LogP contribution in [0.1, 0.15) is 64.1 Å². The maximum atomic E-state index is 4.76. The van der Waals surface area contributed by atoms with Crippen molar-refractivity contribution < 1.29 is 17.1 Å². The SMILES string of the molecule is CC(C)(C)P(Cc1cc([Si](C)(C)C)[cH-]c1C(P)(c1cnccn1)c1cnccn1)C(C)(C)C.[Fe+2].c1cc[cH-]c1. The van der Waals surface area contributed by atoms with E-state index in [-0.39, 0.29) is 35.3 Å².